The molecular formula is C25H31N3O4S. The van der Waals surface area contributed by atoms with Crippen molar-refractivity contribution in [2.75, 3.05) is 13.1 Å². The molecule has 2 aliphatic rings. The standard InChI is InChI=1S/C25H31N3O4S/c1-17-14-20-22(27-21-9-4-10-23(29)25(20)21)15-24(17)33(30,31)26-11-12-28(18-6-2-3-7-18)16-19-8-5-13-32-19/h5,8,13-15,18,26-27H,2-4,6-7,9-12,16H2,1H3. The number of nitrogens with zero attached hydrogens (tertiary/aromatic N) is 1. The third-order valence-corrected chi connectivity index (χ3v) is 8.64. The van der Waals surface area contributed by atoms with Crippen LogP contribution in [0.3, 0.4) is 0 Å². The van der Waals surface area contributed by atoms with Gasteiger partial charge in [0.2, 0.25) is 10.0 Å². The maximum atomic E-state index is 13.2. The third-order valence-electron chi connectivity index (χ3n) is 7.04. The van der Waals surface area contributed by atoms with Crippen LogP contribution in [0.25, 0.3) is 10.9 Å². The highest BCUT2D eigenvalue weighted by Gasteiger charge is 2.26. The molecule has 2 aromatic heterocycles. The Hall–Kier alpha value is -2.42. The Morgan fingerprint density at radius 2 is 2.00 bits per heavy atom. The first kappa shape index (κ1) is 22.4. The lowest BCUT2D eigenvalue weighted by Gasteiger charge is -2.28. The first-order valence-electron chi connectivity index (χ1n) is 11.9. The molecular weight excluding hydrogens is 438 g/mol. The monoisotopic (exact) mass is 469 g/mol. The van der Waals surface area contributed by atoms with Gasteiger partial charge in [-0.25, -0.2) is 13.1 Å². The number of carbonyl (C=O) groups is 1. The Bertz CT molecular complexity index is 1250. The first-order chi connectivity index (χ1) is 15.9. The van der Waals surface area contributed by atoms with Gasteiger partial charge in [0.1, 0.15) is 5.76 Å². The fourth-order valence-electron chi connectivity index (χ4n) is 5.40. The highest BCUT2D eigenvalue weighted by Crippen LogP contribution is 2.32. The molecule has 0 unspecified atom stereocenters. The number of ketones is 1. The summed E-state index contributed by atoms with van der Waals surface area (Å²) in [6.45, 7) is 3.43. The zero-order chi connectivity index (χ0) is 23.0. The van der Waals surface area contributed by atoms with Crippen LogP contribution in [-0.2, 0) is 23.0 Å². The molecule has 0 radical (unpaired) electrons. The van der Waals surface area contributed by atoms with E-state index in [4.69, 9.17) is 4.42 Å². The maximum Gasteiger partial charge on any atom is 0.240 e. The van der Waals surface area contributed by atoms with Gasteiger partial charge in [0.15, 0.2) is 5.78 Å². The summed E-state index contributed by atoms with van der Waals surface area (Å²) in [6.07, 6.45) is 8.59. The number of aromatic nitrogens is 1. The first-order valence-corrected chi connectivity index (χ1v) is 13.4. The van der Waals surface area contributed by atoms with E-state index in [9.17, 15) is 13.2 Å². The number of H-pyrrole nitrogens is 1. The van der Waals surface area contributed by atoms with E-state index in [1.807, 2.05) is 18.2 Å². The van der Waals surface area contributed by atoms with Crippen molar-refractivity contribution in [2.45, 2.75) is 69.4 Å². The molecule has 0 saturated heterocycles. The van der Waals surface area contributed by atoms with Crippen LogP contribution >= 0.6 is 0 Å². The van der Waals surface area contributed by atoms with Crippen LogP contribution in [0.15, 0.2) is 39.8 Å². The normalized spacial score (nSPS) is 17.3. The summed E-state index contributed by atoms with van der Waals surface area (Å²) in [5.41, 5.74) is 3.03. The SMILES string of the molecule is Cc1cc2c3c([nH]c2cc1S(=O)(=O)NCCN(Cc1ccco1)C1CCCC1)CCCC3=O. The molecule has 0 spiro atoms. The molecule has 3 aromatic rings. The van der Waals surface area contributed by atoms with Crippen LogP contribution in [0.5, 0.6) is 0 Å². The summed E-state index contributed by atoms with van der Waals surface area (Å²) < 4.78 is 34.7. The van der Waals surface area contributed by atoms with Gasteiger partial charge in [-0.3, -0.25) is 9.69 Å². The van der Waals surface area contributed by atoms with E-state index in [-0.39, 0.29) is 10.7 Å². The molecule has 2 N–H and O–H groups in total. The molecule has 1 fully saturated rings. The van der Waals surface area contributed by atoms with Crippen molar-refractivity contribution in [3.05, 3.63) is 53.1 Å². The number of rotatable bonds is 8. The number of benzene rings is 1. The topological polar surface area (TPSA) is 95.4 Å². The third kappa shape index (κ3) is 4.52. The number of hydrogen-bond acceptors (Lipinski definition) is 5. The fraction of sp³-hybridized carbons (Fsp3) is 0.480. The Morgan fingerprint density at radius 3 is 2.76 bits per heavy atom. The van der Waals surface area contributed by atoms with E-state index in [1.54, 1.807) is 19.3 Å². The smallest absolute Gasteiger partial charge is 0.240 e. The molecule has 2 heterocycles. The Labute approximate surface area is 194 Å². The average molecular weight is 470 g/mol. The van der Waals surface area contributed by atoms with Crippen LogP contribution in [0.1, 0.15) is 65.9 Å². The van der Waals surface area contributed by atoms with Crippen LogP contribution in [0.4, 0.5) is 0 Å². The maximum absolute atomic E-state index is 13.2. The minimum absolute atomic E-state index is 0.138. The highest BCUT2D eigenvalue weighted by atomic mass is 32.2. The van der Waals surface area contributed by atoms with Gasteiger partial charge in [0, 0.05) is 47.7 Å². The zero-order valence-electron chi connectivity index (χ0n) is 19.0. The predicted octanol–water partition coefficient (Wildman–Crippen LogP) is 4.31. The van der Waals surface area contributed by atoms with E-state index in [0.29, 0.717) is 43.2 Å². The van der Waals surface area contributed by atoms with Crippen molar-refractivity contribution >= 4 is 26.7 Å². The minimum atomic E-state index is -3.68. The Balaban J connectivity index is 1.33. The summed E-state index contributed by atoms with van der Waals surface area (Å²) in [7, 11) is -3.68. The van der Waals surface area contributed by atoms with E-state index >= 15 is 0 Å². The van der Waals surface area contributed by atoms with Crippen LogP contribution in [-0.4, -0.2) is 43.2 Å². The van der Waals surface area contributed by atoms with Gasteiger partial charge in [0.25, 0.3) is 0 Å². The molecule has 33 heavy (non-hydrogen) atoms. The molecule has 0 bridgehead atoms. The Kier molecular flexibility index (Phi) is 6.16. The number of Topliss-reactive ketones (excluding diaryl/α,β-unsaturated/α-hetero) is 1. The Morgan fingerprint density at radius 1 is 1.18 bits per heavy atom. The van der Waals surface area contributed by atoms with Gasteiger partial charge in [-0.1, -0.05) is 12.8 Å². The van der Waals surface area contributed by atoms with Gasteiger partial charge in [-0.05, 0) is 62.4 Å². The number of aryl methyl sites for hydroxylation is 2. The van der Waals surface area contributed by atoms with E-state index in [1.165, 1.54) is 12.8 Å². The molecule has 8 heteroatoms. The van der Waals surface area contributed by atoms with Crippen molar-refractivity contribution < 1.29 is 17.6 Å². The van der Waals surface area contributed by atoms with E-state index in [0.717, 1.165) is 48.1 Å². The second-order valence-electron chi connectivity index (χ2n) is 9.30. The molecule has 1 aromatic carbocycles. The van der Waals surface area contributed by atoms with E-state index < -0.39 is 10.0 Å². The number of aromatic amines is 1. The number of carbonyl (C=O) groups excluding carboxylic acids is 1. The number of furan rings is 1. The second kappa shape index (κ2) is 9.08. The van der Waals surface area contributed by atoms with Crippen molar-refractivity contribution in [2.24, 2.45) is 0 Å². The van der Waals surface area contributed by atoms with E-state index in [2.05, 4.69) is 14.6 Å². The molecule has 2 aliphatic carbocycles. The van der Waals surface area contributed by atoms with Gasteiger partial charge < -0.3 is 9.40 Å². The summed E-state index contributed by atoms with van der Waals surface area (Å²) >= 11 is 0. The van der Waals surface area contributed by atoms with Gasteiger partial charge >= 0.3 is 0 Å². The quantitative estimate of drug-likeness (QED) is 0.513. The number of nitrogens with one attached hydrogen (secondary N) is 2. The molecule has 176 valence electrons. The zero-order valence-corrected chi connectivity index (χ0v) is 19.8. The van der Waals surface area contributed by atoms with Gasteiger partial charge in [0.05, 0.1) is 17.7 Å². The molecule has 5 rings (SSSR count). The van der Waals surface area contributed by atoms with Crippen molar-refractivity contribution in [1.29, 1.82) is 0 Å². The highest BCUT2D eigenvalue weighted by molar-refractivity contribution is 7.89. The van der Waals surface area contributed by atoms with Crippen molar-refractivity contribution in [3.8, 4) is 0 Å². The summed E-state index contributed by atoms with van der Waals surface area (Å²) in [5.74, 6) is 1.04. The van der Waals surface area contributed by atoms with Gasteiger partial charge in [-0.2, -0.15) is 0 Å². The molecule has 1 saturated carbocycles. The summed E-state index contributed by atoms with van der Waals surface area (Å²) in [5, 5.41) is 0.831. The van der Waals surface area contributed by atoms with Crippen LogP contribution < -0.4 is 4.72 Å². The van der Waals surface area contributed by atoms with Crippen molar-refractivity contribution in [1.82, 2.24) is 14.6 Å². The van der Waals surface area contributed by atoms with Crippen molar-refractivity contribution in [3.63, 3.8) is 0 Å². The minimum Gasteiger partial charge on any atom is -0.468 e. The molecule has 7 nitrogen and oxygen atoms in total. The van der Waals surface area contributed by atoms with Crippen LogP contribution in [0.2, 0.25) is 0 Å². The molecule has 0 atom stereocenters. The fourth-order valence-corrected chi connectivity index (χ4v) is 6.67. The van der Waals surface area contributed by atoms with Gasteiger partial charge in [-0.15, -0.1) is 0 Å². The molecule has 0 amide bonds. The summed E-state index contributed by atoms with van der Waals surface area (Å²) in [4.78, 5) is 18.3. The predicted molar refractivity (Wildman–Crippen MR) is 127 cm³/mol. The largest absolute Gasteiger partial charge is 0.468 e. The lowest BCUT2D eigenvalue weighted by molar-refractivity contribution is 0.0974. The number of fused-ring (bicyclic) bond motifs is 3. The molecule has 0 aliphatic heterocycles. The second-order valence-corrected chi connectivity index (χ2v) is 11.0. The lowest BCUT2D eigenvalue weighted by atomic mass is 9.94. The average Bonchev–Trinajstić information content (AvgIpc) is 3.53. The number of hydrogen-bond donors (Lipinski definition) is 2. The summed E-state index contributed by atoms with van der Waals surface area (Å²) in [6, 6.07) is 7.82. The lowest BCUT2D eigenvalue weighted by Crippen LogP contribution is -2.39. The van der Waals surface area contributed by atoms with Crippen LogP contribution in [0, 0.1) is 6.92 Å². The number of sulfonamides is 1.